The van der Waals surface area contributed by atoms with E-state index in [0.29, 0.717) is 17.9 Å². The molecule has 2 heterocycles. The molecule has 0 unspecified atom stereocenters. The van der Waals surface area contributed by atoms with Gasteiger partial charge >= 0.3 is 0 Å². The molecular weight excluding hydrogens is 142 g/mol. The Morgan fingerprint density at radius 1 is 1.27 bits per heavy atom. The molecule has 5 nitrogen and oxygen atoms in total. The molecule has 0 amide bonds. The second-order valence-electron chi connectivity index (χ2n) is 2.28. The standard InChI is InChI=1S/C6H7N5/c7-5-4-3(1-2-9-4)10-6(8)11-5/h2H,1H2,(H4,7,8,10,11). The Labute approximate surface area is 63.2 Å². The number of fused-ring (bicyclic) bond motifs is 1. The van der Waals surface area contributed by atoms with E-state index in [4.69, 9.17) is 11.5 Å². The SMILES string of the molecule is Nc1nc(N)c2c(n1)CC=N2. The molecule has 4 N–H and O–H groups in total. The van der Waals surface area contributed by atoms with Crippen LogP contribution in [0.15, 0.2) is 4.99 Å². The van der Waals surface area contributed by atoms with Crippen LogP contribution >= 0.6 is 0 Å². The lowest BCUT2D eigenvalue weighted by molar-refractivity contribution is 1.12. The van der Waals surface area contributed by atoms with E-state index in [-0.39, 0.29) is 5.95 Å². The lowest BCUT2D eigenvalue weighted by Crippen LogP contribution is -2.01. The van der Waals surface area contributed by atoms with Gasteiger partial charge in [-0.25, -0.2) is 4.98 Å². The summed E-state index contributed by atoms with van der Waals surface area (Å²) >= 11 is 0. The van der Waals surface area contributed by atoms with Crippen molar-refractivity contribution >= 4 is 23.7 Å². The van der Waals surface area contributed by atoms with Gasteiger partial charge in [-0.2, -0.15) is 4.98 Å². The smallest absolute Gasteiger partial charge is 0.222 e. The molecular formula is C6H7N5. The Bertz CT molecular complexity index is 330. The average molecular weight is 149 g/mol. The molecule has 5 heteroatoms. The minimum Gasteiger partial charge on any atom is -0.382 e. The molecule has 0 saturated heterocycles. The first-order valence-corrected chi connectivity index (χ1v) is 3.22. The number of rotatable bonds is 0. The highest BCUT2D eigenvalue weighted by atomic mass is 15.1. The van der Waals surface area contributed by atoms with E-state index in [1.165, 1.54) is 0 Å². The fraction of sp³-hybridized carbons (Fsp3) is 0.167. The Kier molecular flexibility index (Phi) is 1.06. The summed E-state index contributed by atoms with van der Waals surface area (Å²) in [6.45, 7) is 0. The molecule has 0 bridgehead atoms. The molecule has 0 saturated carbocycles. The van der Waals surface area contributed by atoms with Gasteiger partial charge in [0.05, 0.1) is 5.69 Å². The number of aromatic nitrogens is 2. The van der Waals surface area contributed by atoms with Gasteiger partial charge in [-0.05, 0) is 0 Å². The van der Waals surface area contributed by atoms with Crippen LogP contribution in [0.25, 0.3) is 0 Å². The van der Waals surface area contributed by atoms with Gasteiger partial charge in [0.1, 0.15) is 5.69 Å². The molecule has 0 radical (unpaired) electrons. The normalized spacial score (nSPS) is 13.5. The Morgan fingerprint density at radius 2 is 2.09 bits per heavy atom. The van der Waals surface area contributed by atoms with Crippen LogP contribution in [-0.4, -0.2) is 16.2 Å². The maximum absolute atomic E-state index is 5.53. The topological polar surface area (TPSA) is 90.2 Å². The predicted molar refractivity (Wildman–Crippen MR) is 42.7 cm³/mol. The zero-order valence-electron chi connectivity index (χ0n) is 5.78. The van der Waals surface area contributed by atoms with Gasteiger partial charge in [0.2, 0.25) is 5.95 Å². The Hall–Kier alpha value is -1.65. The lowest BCUT2D eigenvalue weighted by atomic mass is 10.3. The number of anilines is 2. The molecule has 0 spiro atoms. The minimum absolute atomic E-state index is 0.215. The second-order valence-corrected chi connectivity index (χ2v) is 2.28. The van der Waals surface area contributed by atoms with Crippen LogP contribution in [0.5, 0.6) is 0 Å². The quantitative estimate of drug-likeness (QED) is 0.539. The predicted octanol–water partition coefficient (Wildman–Crippen LogP) is -0.101. The summed E-state index contributed by atoms with van der Waals surface area (Å²) < 4.78 is 0. The molecule has 1 aromatic rings. The van der Waals surface area contributed by atoms with Crippen molar-refractivity contribution in [3.8, 4) is 0 Å². The van der Waals surface area contributed by atoms with E-state index >= 15 is 0 Å². The van der Waals surface area contributed by atoms with E-state index in [9.17, 15) is 0 Å². The third kappa shape index (κ3) is 0.813. The maximum Gasteiger partial charge on any atom is 0.222 e. The fourth-order valence-electron chi connectivity index (χ4n) is 1.05. The second kappa shape index (κ2) is 1.91. The van der Waals surface area contributed by atoms with Crippen LogP contribution in [0.1, 0.15) is 5.69 Å². The molecule has 1 aliphatic heterocycles. The highest BCUT2D eigenvalue weighted by molar-refractivity contribution is 5.79. The van der Waals surface area contributed by atoms with Crippen LogP contribution in [0.4, 0.5) is 17.5 Å². The minimum atomic E-state index is 0.215. The molecule has 1 aliphatic rings. The van der Waals surface area contributed by atoms with Crippen molar-refractivity contribution in [2.24, 2.45) is 4.99 Å². The third-order valence-electron chi connectivity index (χ3n) is 1.51. The highest BCUT2D eigenvalue weighted by Crippen LogP contribution is 2.27. The van der Waals surface area contributed by atoms with E-state index in [1.54, 1.807) is 6.21 Å². The van der Waals surface area contributed by atoms with Gasteiger partial charge in [0.25, 0.3) is 0 Å². The Balaban J connectivity index is 2.67. The first kappa shape index (κ1) is 6.09. The zero-order valence-corrected chi connectivity index (χ0v) is 5.78. The van der Waals surface area contributed by atoms with Crippen molar-refractivity contribution in [1.29, 1.82) is 0 Å². The summed E-state index contributed by atoms with van der Waals surface area (Å²) in [5, 5.41) is 0. The van der Waals surface area contributed by atoms with Gasteiger partial charge in [0.15, 0.2) is 5.82 Å². The number of hydrogen-bond donors (Lipinski definition) is 2. The summed E-state index contributed by atoms with van der Waals surface area (Å²) in [6, 6.07) is 0. The van der Waals surface area contributed by atoms with Crippen molar-refractivity contribution < 1.29 is 0 Å². The van der Waals surface area contributed by atoms with Gasteiger partial charge < -0.3 is 11.5 Å². The summed E-state index contributed by atoms with van der Waals surface area (Å²) in [5.74, 6) is 0.577. The molecule has 0 aliphatic carbocycles. The van der Waals surface area contributed by atoms with Crippen LogP contribution in [-0.2, 0) is 6.42 Å². The summed E-state index contributed by atoms with van der Waals surface area (Å²) in [6.07, 6.45) is 2.45. The number of nitrogens with zero attached hydrogens (tertiary/aromatic N) is 3. The molecule has 0 atom stereocenters. The lowest BCUT2D eigenvalue weighted by Gasteiger charge is -2.00. The molecule has 56 valence electrons. The zero-order chi connectivity index (χ0) is 7.84. The van der Waals surface area contributed by atoms with Crippen LogP contribution in [0.2, 0.25) is 0 Å². The van der Waals surface area contributed by atoms with Crippen LogP contribution in [0.3, 0.4) is 0 Å². The number of nitrogen functional groups attached to an aromatic ring is 2. The number of hydrogen-bond acceptors (Lipinski definition) is 5. The van der Waals surface area contributed by atoms with E-state index in [0.717, 1.165) is 5.69 Å². The van der Waals surface area contributed by atoms with E-state index in [2.05, 4.69) is 15.0 Å². The number of aliphatic imine (C=N–C) groups is 1. The van der Waals surface area contributed by atoms with Crippen molar-refractivity contribution in [2.45, 2.75) is 6.42 Å². The van der Waals surface area contributed by atoms with Crippen molar-refractivity contribution in [1.82, 2.24) is 9.97 Å². The van der Waals surface area contributed by atoms with Gasteiger partial charge in [-0.15, -0.1) is 0 Å². The first-order valence-electron chi connectivity index (χ1n) is 3.22. The fourth-order valence-corrected chi connectivity index (χ4v) is 1.05. The maximum atomic E-state index is 5.53. The summed E-state index contributed by atoms with van der Waals surface area (Å²) in [4.78, 5) is 11.8. The number of nitrogens with two attached hydrogens (primary N) is 2. The van der Waals surface area contributed by atoms with Gasteiger partial charge in [0, 0.05) is 12.6 Å². The van der Waals surface area contributed by atoms with E-state index < -0.39 is 0 Å². The Morgan fingerprint density at radius 3 is 2.91 bits per heavy atom. The molecule has 0 fully saturated rings. The highest BCUT2D eigenvalue weighted by Gasteiger charge is 2.12. The third-order valence-corrected chi connectivity index (χ3v) is 1.51. The summed E-state index contributed by atoms with van der Waals surface area (Å²) in [5.41, 5.74) is 12.4. The molecule has 2 rings (SSSR count). The van der Waals surface area contributed by atoms with Crippen molar-refractivity contribution in [3.63, 3.8) is 0 Å². The summed E-state index contributed by atoms with van der Waals surface area (Å²) in [7, 11) is 0. The van der Waals surface area contributed by atoms with Crippen molar-refractivity contribution in [2.75, 3.05) is 11.5 Å². The van der Waals surface area contributed by atoms with Gasteiger partial charge in [-0.1, -0.05) is 0 Å². The largest absolute Gasteiger partial charge is 0.382 e. The molecule has 11 heavy (non-hydrogen) atoms. The average Bonchev–Trinajstić information content (AvgIpc) is 2.34. The van der Waals surface area contributed by atoms with Gasteiger partial charge in [-0.3, -0.25) is 4.99 Å². The monoisotopic (exact) mass is 149 g/mol. The van der Waals surface area contributed by atoms with Crippen molar-refractivity contribution in [3.05, 3.63) is 5.69 Å². The van der Waals surface area contributed by atoms with Crippen LogP contribution < -0.4 is 11.5 Å². The first-order chi connectivity index (χ1) is 5.27. The molecule has 0 aromatic carbocycles. The molecule has 1 aromatic heterocycles. The van der Waals surface area contributed by atoms with Crippen LogP contribution in [0, 0.1) is 0 Å². The van der Waals surface area contributed by atoms with E-state index in [1.807, 2.05) is 0 Å².